The van der Waals surface area contributed by atoms with E-state index in [1.165, 1.54) is 5.56 Å². The quantitative estimate of drug-likeness (QED) is 0.895. The maximum atomic E-state index is 8.99. The van der Waals surface area contributed by atoms with Crippen LogP contribution in [0.25, 0.3) is 0 Å². The van der Waals surface area contributed by atoms with Crippen molar-refractivity contribution in [2.45, 2.75) is 20.0 Å². The number of aliphatic hydroxyl groups is 1. The Morgan fingerprint density at radius 1 is 1.06 bits per heavy atom. The second-order valence-corrected chi connectivity index (χ2v) is 4.26. The molecule has 1 aromatic heterocycles. The fourth-order valence-corrected chi connectivity index (χ4v) is 1.80. The number of aromatic nitrogens is 1. The second kappa shape index (κ2) is 5.65. The maximum Gasteiger partial charge on any atom is 0.132 e. The molecule has 0 aliphatic rings. The van der Waals surface area contributed by atoms with Crippen molar-refractivity contribution >= 4 is 11.5 Å². The van der Waals surface area contributed by atoms with Crippen molar-refractivity contribution in [3.05, 3.63) is 53.7 Å². The van der Waals surface area contributed by atoms with Crippen LogP contribution in [-0.2, 0) is 13.0 Å². The topological polar surface area (TPSA) is 36.4 Å². The van der Waals surface area contributed by atoms with E-state index in [0.717, 1.165) is 23.5 Å². The fourth-order valence-electron chi connectivity index (χ4n) is 1.80. The van der Waals surface area contributed by atoms with E-state index in [1.807, 2.05) is 24.1 Å². The van der Waals surface area contributed by atoms with Gasteiger partial charge in [-0.1, -0.05) is 25.1 Å². The Balaban J connectivity index is 2.20. The molecular weight excluding hydrogens is 224 g/mol. The van der Waals surface area contributed by atoms with Gasteiger partial charge in [-0.3, -0.25) is 0 Å². The Bertz CT molecular complexity index is 443. The monoisotopic (exact) mass is 242 g/mol. The highest BCUT2D eigenvalue weighted by Gasteiger charge is 2.04. The van der Waals surface area contributed by atoms with Crippen molar-refractivity contribution in [1.82, 2.24) is 4.98 Å². The molecule has 1 heterocycles. The SMILES string of the molecule is CCc1ccc(N(C)c2ccc(CO)cn2)cc1. The van der Waals surface area contributed by atoms with Gasteiger partial charge in [-0.15, -0.1) is 0 Å². The normalized spacial score (nSPS) is 10.4. The number of nitrogens with zero attached hydrogens (tertiary/aromatic N) is 2. The van der Waals surface area contributed by atoms with Crippen LogP contribution in [0.2, 0.25) is 0 Å². The van der Waals surface area contributed by atoms with Gasteiger partial charge < -0.3 is 10.0 Å². The molecule has 3 nitrogen and oxygen atoms in total. The Kier molecular flexibility index (Phi) is 3.95. The van der Waals surface area contributed by atoms with E-state index in [-0.39, 0.29) is 6.61 Å². The lowest BCUT2D eigenvalue weighted by Crippen LogP contribution is -2.11. The molecule has 0 saturated heterocycles. The number of anilines is 2. The highest BCUT2D eigenvalue weighted by atomic mass is 16.3. The van der Waals surface area contributed by atoms with Crippen LogP contribution >= 0.6 is 0 Å². The third kappa shape index (κ3) is 2.68. The van der Waals surface area contributed by atoms with Gasteiger partial charge >= 0.3 is 0 Å². The van der Waals surface area contributed by atoms with Gasteiger partial charge in [0.25, 0.3) is 0 Å². The predicted octanol–water partition coefficient (Wildman–Crippen LogP) is 2.90. The van der Waals surface area contributed by atoms with Gasteiger partial charge in [0.1, 0.15) is 5.82 Å². The van der Waals surface area contributed by atoms with Crippen molar-refractivity contribution in [2.75, 3.05) is 11.9 Å². The fraction of sp³-hybridized carbons (Fsp3) is 0.267. The first-order chi connectivity index (χ1) is 8.74. The van der Waals surface area contributed by atoms with E-state index < -0.39 is 0 Å². The van der Waals surface area contributed by atoms with Crippen LogP contribution in [0.4, 0.5) is 11.5 Å². The standard InChI is InChI=1S/C15H18N2O/c1-3-12-4-7-14(8-5-12)17(2)15-9-6-13(11-18)10-16-15/h4-10,18H,3,11H2,1-2H3. The molecular formula is C15H18N2O. The van der Waals surface area contributed by atoms with Crippen molar-refractivity contribution < 1.29 is 5.11 Å². The third-order valence-corrected chi connectivity index (χ3v) is 3.07. The van der Waals surface area contributed by atoms with E-state index in [1.54, 1.807) is 6.20 Å². The summed E-state index contributed by atoms with van der Waals surface area (Å²) in [5.74, 6) is 0.872. The van der Waals surface area contributed by atoms with E-state index in [9.17, 15) is 0 Å². The second-order valence-electron chi connectivity index (χ2n) is 4.26. The van der Waals surface area contributed by atoms with Crippen LogP contribution in [0.1, 0.15) is 18.1 Å². The van der Waals surface area contributed by atoms with Crippen molar-refractivity contribution in [3.8, 4) is 0 Å². The summed E-state index contributed by atoms with van der Waals surface area (Å²) in [6.07, 6.45) is 2.75. The first-order valence-electron chi connectivity index (χ1n) is 6.13. The number of aliphatic hydroxyl groups excluding tert-OH is 1. The Morgan fingerprint density at radius 3 is 2.22 bits per heavy atom. The summed E-state index contributed by atoms with van der Waals surface area (Å²) >= 11 is 0. The number of pyridine rings is 1. The van der Waals surface area contributed by atoms with Gasteiger partial charge in [0, 0.05) is 18.9 Å². The molecule has 0 spiro atoms. The van der Waals surface area contributed by atoms with E-state index in [2.05, 4.69) is 36.2 Å². The van der Waals surface area contributed by atoms with E-state index in [4.69, 9.17) is 5.11 Å². The van der Waals surface area contributed by atoms with E-state index in [0.29, 0.717) is 0 Å². The molecule has 0 amide bonds. The molecule has 0 atom stereocenters. The van der Waals surface area contributed by atoms with Crippen LogP contribution in [0, 0.1) is 0 Å². The summed E-state index contributed by atoms with van der Waals surface area (Å²) in [5, 5.41) is 8.99. The molecule has 18 heavy (non-hydrogen) atoms. The minimum atomic E-state index is 0.0300. The molecule has 94 valence electrons. The molecule has 2 aromatic rings. The number of rotatable bonds is 4. The van der Waals surface area contributed by atoms with Crippen molar-refractivity contribution in [1.29, 1.82) is 0 Å². The van der Waals surface area contributed by atoms with Crippen LogP contribution in [0.5, 0.6) is 0 Å². The molecule has 3 heteroatoms. The van der Waals surface area contributed by atoms with Crippen molar-refractivity contribution in [3.63, 3.8) is 0 Å². The predicted molar refractivity (Wildman–Crippen MR) is 74.0 cm³/mol. The minimum absolute atomic E-state index is 0.0300. The zero-order chi connectivity index (χ0) is 13.0. The third-order valence-electron chi connectivity index (χ3n) is 3.07. The summed E-state index contributed by atoms with van der Waals surface area (Å²) in [6, 6.07) is 12.3. The molecule has 0 radical (unpaired) electrons. The molecule has 0 bridgehead atoms. The smallest absolute Gasteiger partial charge is 0.132 e. The molecule has 2 rings (SSSR count). The van der Waals surface area contributed by atoms with Crippen molar-refractivity contribution in [2.24, 2.45) is 0 Å². The summed E-state index contributed by atoms with van der Waals surface area (Å²) < 4.78 is 0. The average molecular weight is 242 g/mol. The molecule has 0 aliphatic heterocycles. The lowest BCUT2D eigenvalue weighted by Gasteiger charge is -2.18. The van der Waals surface area contributed by atoms with Gasteiger partial charge in [-0.2, -0.15) is 0 Å². The molecule has 0 unspecified atom stereocenters. The highest BCUT2D eigenvalue weighted by molar-refractivity contribution is 5.59. The number of hydrogen-bond acceptors (Lipinski definition) is 3. The molecule has 1 aromatic carbocycles. The Morgan fingerprint density at radius 2 is 1.72 bits per heavy atom. The molecule has 0 fully saturated rings. The first kappa shape index (κ1) is 12.6. The number of hydrogen-bond donors (Lipinski definition) is 1. The van der Waals surface area contributed by atoms with Crippen LogP contribution in [0.3, 0.4) is 0 Å². The van der Waals surface area contributed by atoms with Crippen LogP contribution in [0.15, 0.2) is 42.6 Å². The summed E-state index contributed by atoms with van der Waals surface area (Å²) in [7, 11) is 1.99. The maximum absolute atomic E-state index is 8.99. The van der Waals surface area contributed by atoms with Crippen LogP contribution in [-0.4, -0.2) is 17.1 Å². The summed E-state index contributed by atoms with van der Waals surface area (Å²) in [5.41, 5.74) is 3.26. The summed E-state index contributed by atoms with van der Waals surface area (Å²) in [4.78, 5) is 6.36. The Hall–Kier alpha value is -1.87. The van der Waals surface area contributed by atoms with Gasteiger partial charge in [-0.05, 0) is 35.7 Å². The number of aryl methyl sites for hydroxylation is 1. The van der Waals surface area contributed by atoms with Gasteiger partial charge in [0.05, 0.1) is 6.61 Å². The largest absolute Gasteiger partial charge is 0.392 e. The zero-order valence-corrected chi connectivity index (χ0v) is 10.8. The molecule has 0 saturated carbocycles. The lowest BCUT2D eigenvalue weighted by molar-refractivity contribution is 0.281. The first-order valence-corrected chi connectivity index (χ1v) is 6.13. The minimum Gasteiger partial charge on any atom is -0.392 e. The van der Waals surface area contributed by atoms with Gasteiger partial charge in [0.2, 0.25) is 0 Å². The zero-order valence-electron chi connectivity index (χ0n) is 10.8. The average Bonchev–Trinajstić information content (AvgIpc) is 2.47. The lowest BCUT2D eigenvalue weighted by atomic mass is 10.1. The highest BCUT2D eigenvalue weighted by Crippen LogP contribution is 2.22. The van der Waals surface area contributed by atoms with Gasteiger partial charge in [-0.25, -0.2) is 4.98 Å². The Labute approximate surface area is 108 Å². The number of benzene rings is 1. The molecule has 1 N–H and O–H groups in total. The summed E-state index contributed by atoms with van der Waals surface area (Å²) in [6.45, 7) is 2.18. The molecule has 0 aliphatic carbocycles. The van der Waals surface area contributed by atoms with Crippen LogP contribution < -0.4 is 4.90 Å². The van der Waals surface area contributed by atoms with Gasteiger partial charge in [0.15, 0.2) is 0 Å². The van der Waals surface area contributed by atoms with E-state index >= 15 is 0 Å².